The van der Waals surface area contributed by atoms with Crippen LogP contribution in [0, 0.1) is 12.3 Å². The second-order valence-electron chi connectivity index (χ2n) is 6.51. The Balaban J connectivity index is 2.45. The lowest BCUT2D eigenvalue weighted by Crippen LogP contribution is -2.52. The number of aryl methyl sites for hydroxylation is 1. The highest BCUT2D eigenvalue weighted by molar-refractivity contribution is 9.10. The lowest BCUT2D eigenvalue weighted by molar-refractivity contribution is -0.127. The molecule has 114 valence electrons. The monoisotopic (exact) mass is 352 g/mol. The van der Waals surface area contributed by atoms with Crippen LogP contribution in [0.4, 0.5) is 5.69 Å². The number of nitrogens with one attached hydrogen (secondary N) is 1. The fourth-order valence-electron chi connectivity index (χ4n) is 2.44. The number of carbonyl (C=O) groups excluding carboxylic acids is 2. The topological polar surface area (TPSA) is 49.4 Å². The molecule has 0 bridgehead atoms. The van der Waals surface area contributed by atoms with Crippen LogP contribution in [0.1, 0.15) is 32.8 Å². The lowest BCUT2D eigenvalue weighted by Gasteiger charge is -2.32. The van der Waals surface area contributed by atoms with E-state index in [-0.39, 0.29) is 17.2 Å². The Hall–Kier alpha value is -1.36. The molecule has 21 heavy (non-hydrogen) atoms. The van der Waals surface area contributed by atoms with E-state index in [1.165, 1.54) is 0 Å². The number of benzene rings is 1. The molecule has 1 atom stereocenters. The van der Waals surface area contributed by atoms with E-state index in [4.69, 9.17) is 0 Å². The van der Waals surface area contributed by atoms with Crippen molar-refractivity contribution in [3.05, 3.63) is 28.2 Å². The zero-order chi connectivity index (χ0) is 15.8. The van der Waals surface area contributed by atoms with Gasteiger partial charge in [-0.05, 0) is 39.9 Å². The van der Waals surface area contributed by atoms with Gasteiger partial charge in [0.1, 0.15) is 6.04 Å². The van der Waals surface area contributed by atoms with Gasteiger partial charge in [0.25, 0.3) is 0 Å². The lowest BCUT2D eigenvalue weighted by atomic mass is 9.86. The molecule has 0 saturated carbocycles. The first kappa shape index (κ1) is 16.0. The summed E-state index contributed by atoms with van der Waals surface area (Å²) in [6.45, 7) is 8.28. The first-order chi connectivity index (χ1) is 9.71. The van der Waals surface area contributed by atoms with Gasteiger partial charge in [-0.2, -0.15) is 0 Å². The van der Waals surface area contributed by atoms with Crippen molar-refractivity contribution in [2.24, 2.45) is 5.41 Å². The fourth-order valence-corrected chi connectivity index (χ4v) is 2.92. The highest BCUT2D eigenvalue weighted by Crippen LogP contribution is 2.32. The molecule has 1 fully saturated rings. The molecule has 1 aliphatic rings. The molecular formula is C16H21BrN2O2. The quantitative estimate of drug-likeness (QED) is 0.844. The van der Waals surface area contributed by atoms with Gasteiger partial charge in [-0.15, -0.1) is 0 Å². The Labute approximate surface area is 134 Å². The van der Waals surface area contributed by atoms with Crippen LogP contribution in [-0.2, 0) is 9.59 Å². The third-order valence-corrected chi connectivity index (χ3v) is 4.74. The van der Waals surface area contributed by atoms with Crippen molar-refractivity contribution in [2.45, 2.75) is 40.2 Å². The van der Waals surface area contributed by atoms with E-state index >= 15 is 0 Å². The number of amides is 2. The van der Waals surface area contributed by atoms with E-state index in [1.807, 2.05) is 45.9 Å². The summed E-state index contributed by atoms with van der Waals surface area (Å²) in [4.78, 5) is 26.5. The van der Waals surface area contributed by atoms with Crippen LogP contribution in [-0.4, -0.2) is 24.4 Å². The van der Waals surface area contributed by atoms with Crippen LogP contribution < -0.4 is 10.2 Å². The molecule has 0 radical (unpaired) electrons. The molecule has 0 aromatic heterocycles. The van der Waals surface area contributed by atoms with Crippen molar-refractivity contribution in [1.29, 1.82) is 0 Å². The number of halogens is 1. The van der Waals surface area contributed by atoms with Crippen LogP contribution in [0.2, 0.25) is 0 Å². The van der Waals surface area contributed by atoms with Crippen LogP contribution in [0.5, 0.6) is 0 Å². The van der Waals surface area contributed by atoms with E-state index in [0.717, 1.165) is 15.7 Å². The van der Waals surface area contributed by atoms with Gasteiger partial charge in [-0.25, -0.2) is 0 Å². The molecule has 1 unspecified atom stereocenters. The van der Waals surface area contributed by atoms with Crippen molar-refractivity contribution in [3.63, 3.8) is 0 Å². The molecule has 4 nitrogen and oxygen atoms in total. The number of anilines is 1. The predicted octanol–water partition coefficient (Wildman–Crippen LogP) is 3.03. The van der Waals surface area contributed by atoms with Gasteiger partial charge in [0.05, 0.1) is 5.69 Å². The summed E-state index contributed by atoms with van der Waals surface area (Å²) in [5.74, 6) is -0.130. The third kappa shape index (κ3) is 3.28. The van der Waals surface area contributed by atoms with Gasteiger partial charge in [0.15, 0.2) is 0 Å². The number of nitrogens with zero attached hydrogens (tertiary/aromatic N) is 1. The normalized spacial score (nSPS) is 20.2. The van der Waals surface area contributed by atoms with E-state index < -0.39 is 6.04 Å². The highest BCUT2D eigenvalue weighted by atomic mass is 79.9. The Morgan fingerprint density at radius 2 is 1.95 bits per heavy atom. The second-order valence-corrected chi connectivity index (χ2v) is 7.31. The Bertz CT molecular complexity index is 578. The van der Waals surface area contributed by atoms with Gasteiger partial charge >= 0.3 is 0 Å². The summed E-state index contributed by atoms with van der Waals surface area (Å²) in [6, 6.07) is 5.31. The molecular weight excluding hydrogens is 332 g/mol. The predicted molar refractivity (Wildman–Crippen MR) is 87.2 cm³/mol. The zero-order valence-electron chi connectivity index (χ0n) is 12.9. The minimum atomic E-state index is -0.514. The maximum Gasteiger partial charge on any atom is 0.250 e. The number of hydrogen-bond donors (Lipinski definition) is 1. The maximum atomic E-state index is 12.9. The van der Waals surface area contributed by atoms with Crippen molar-refractivity contribution < 1.29 is 9.59 Å². The average molecular weight is 353 g/mol. The summed E-state index contributed by atoms with van der Waals surface area (Å²) in [6.07, 6.45) is 0.318. The maximum absolute atomic E-state index is 12.9. The summed E-state index contributed by atoms with van der Waals surface area (Å²) >= 11 is 3.55. The standard InChI is InChI=1S/C16H21BrN2O2/c1-10-6-5-7-11(13(10)17)19-9-8-12(20)18-14(15(19)21)16(2,3)4/h5-7,14H,8-9H2,1-4H3,(H,18,20). The first-order valence-electron chi connectivity index (χ1n) is 7.07. The Morgan fingerprint density at radius 1 is 1.29 bits per heavy atom. The summed E-state index contributed by atoms with van der Waals surface area (Å²) in [7, 11) is 0. The number of carbonyl (C=O) groups is 2. The molecule has 1 aliphatic heterocycles. The Morgan fingerprint density at radius 3 is 2.57 bits per heavy atom. The molecule has 1 aromatic rings. The van der Waals surface area contributed by atoms with E-state index in [0.29, 0.717) is 13.0 Å². The fraction of sp³-hybridized carbons (Fsp3) is 0.500. The largest absolute Gasteiger partial charge is 0.344 e. The van der Waals surface area contributed by atoms with Gasteiger partial charge in [-0.3, -0.25) is 9.59 Å². The average Bonchev–Trinajstić information content (AvgIpc) is 2.53. The van der Waals surface area contributed by atoms with Crippen LogP contribution in [0.3, 0.4) is 0 Å². The zero-order valence-corrected chi connectivity index (χ0v) is 14.5. The Kier molecular flexibility index (Phi) is 4.42. The smallest absolute Gasteiger partial charge is 0.250 e. The minimum Gasteiger partial charge on any atom is -0.344 e. The number of rotatable bonds is 1. The van der Waals surface area contributed by atoms with E-state index in [1.54, 1.807) is 4.90 Å². The molecule has 1 aromatic carbocycles. The van der Waals surface area contributed by atoms with Crippen LogP contribution in [0.25, 0.3) is 0 Å². The van der Waals surface area contributed by atoms with Crippen molar-refractivity contribution in [2.75, 3.05) is 11.4 Å². The van der Waals surface area contributed by atoms with Crippen LogP contribution in [0.15, 0.2) is 22.7 Å². The molecule has 0 spiro atoms. The first-order valence-corrected chi connectivity index (χ1v) is 7.87. The number of hydrogen-bond acceptors (Lipinski definition) is 2. The molecule has 1 N–H and O–H groups in total. The SMILES string of the molecule is Cc1cccc(N2CCC(=O)NC(C(C)(C)C)C2=O)c1Br. The minimum absolute atomic E-state index is 0.0559. The van der Waals surface area contributed by atoms with Gasteiger partial charge < -0.3 is 10.2 Å². The molecule has 1 saturated heterocycles. The van der Waals surface area contributed by atoms with E-state index in [9.17, 15) is 9.59 Å². The molecule has 2 amide bonds. The van der Waals surface area contributed by atoms with E-state index in [2.05, 4.69) is 21.2 Å². The molecule has 2 rings (SSSR count). The van der Waals surface area contributed by atoms with Crippen molar-refractivity contribution in [3.8, 4) is 0 Å². The van der Waals surface area contributed by atoms with Gasteiger partial charge in [0.2, 0.25) is 11.8 Å². The van der Waals surface area contributed by atoms with Crippen molar-refractivity contribution >= 4 is 33.4 Å². The van der Waals surface area contributed by atoms with Crippen molar-refractivity contribution in [1.82, 2.24) is 5.32 Å². The summed E-state index contributed by atoms with van der Waals surface area (Å²) < 4.78 is 0.903. The molecule has 1 heterocycles. The van der Waals surface area contributed by atoms with Gasteiger partial charge in [-0.1, -0.05) is 32.9 Å². The third-order valence-electron chi connectivity index (χ3n) is 3.71. The summed E-state index contributed by atoms with van der Waals surface area (Å²) in [5.41, 5.74) is 1.56. The summed E-state index contributed by atoms with van der Waals surface area (Å²) in [5, 5.41) is 2.86. The second kappa shape index (κ2) is 5.79. The highest BCUT2D eigenvalue weighted by Gasteiger charge is 2.38. The van der Waals surface area contributed by atoms with Gasteiger partial charge in [0, 0.05) is 17.4 Å². The van der Waals surface area contributed by atoms with Crippen LogP contribution >= 0.6 is 15.9 Å². The molecule has 5 heteroatoms. The molecule has 0 aliphatic carbocycles.